The first-order valence-corrected chi connectivity index (χ1v) is 27.9. The number of thiophene rings is 2. The summed E-state index contributed by atoms with van der Waals surface area (Å²) in [6.45, 7) is 5.73. The summed E-state index contributed by atoms with van der Waals surface area (Å²) in [4.78, 5) is 23.7. The molecule has 14 nitrogen and oxygen atoms in total. The Morgan fingerprint density at radius 3 is 1.68 bits per heavy atom. The summed E-state index contributed by atoms with van der Waals surface area (Å²) in [6.07, 6.45) is 11.1. The van der Waals surface area contributed by atoms with E-state index in [4.69, 9.17) is 9.05 Å². The van der Waals surface area contributed by atoms with Crippen molar-refractivity contribution in [3.63, 3.8) is 0 Å². The second kappa shape index (κ2) is 24.7. The molecule has 18 heteroatoms. The number of rotatable bonds is 17. The van der Waals surface area contributed by atoms with Crippen molar-refractivity contribution in [1.29, 1.82) is 0 Å². The highest BCUT2D eigenvalue weighted by Crippen LogP contribution is 2.47. The number of nitrogens with one attached hydrogen (secondary N) is 4. The normalized spacial score (nSPS) is 11.4. The number of pyridine rings is 2. The van der Waals surface area contributed by atoms with Crippen LogP contribution in [0.2, 0.25) is 0 Å². The van der Waals surface area contributed by atoms with Crippen LogP contribution in [-0.4, -0.2) is 60.5 Å². The average Bonchev–Trinajstić information content (AvgIpc) is 4.21. The molecule has 73 heavy (non-hydrogen) atoms. The van der Waals surface area contributed by atoms with Crippen molar-refractivity contribution in [3.05, 3.63) is 193 Å². The third-order valence-electron chi connectivity index (χ3n) is 10.9. The Morgan fingerprint density at radius 2 is 1.18 bits per heavy atom. The average molecular weight is 1050 g/mol. The molecule has 0 aliphatic carbocycles. The summed E-state index contributed by atoms with van der Waals surface area (Å²) in [6, 6.07) is 49.8. The van der Waals surface area contributed by atoms with Gasteiger partial charge in [-0.15, -0.1) is 22.7 Å². The molecule has 0 radical (unpaired) electrons. The van der Waals surface area contributed by atoms with Crippen LogP contribution in [0.3, 0.4) is 0 Å². The molecule has 0 aliphatic heterocycles. The van der Waals surface area contributed by atoms with Crippen LogP contribution in [0.5, 0.6) is 0 Å². The van der Waals surface area contributed by atoms with Crippen molar-refractivity contribution in [2.24, 2.45) is 5.10 Å². The molecule has 10 rings (SSSR count). The number of fused-ring (bicyclic) bond motifs is 2. The highest BCUT2D eigenvalue weighted by atomic mass is 32.2. The number of H-pyrrole nitrogens is 1. The van der Waals surface area contributed by atoms with Crippen LogP contribution in [0, 0.1) is 6.92 Å². The van der Waals surface area contributed by atoms with Crippen molar-refractivity contribution in [3.8, 4) is 32.8 Å². The highest BCUT2D eigenvalue weighted by Gasteiger charge is 2.22. The van der Waals surface area contributed by atoms with E-state index in [1.165, 1.54) is 51.9 Å². The number of hydrogen-bond donors (Lipinski definition) is 4. The van der Waals surface area contributed by atoms with E-state index in [-0.39, 0.29) is 24.3 Å². The number of hydrogen-bond acceptors (Lipinski definition) is 14. The van der Waals surface area contributed by atoms with Gasteiger partial charge in [0.15, 0.2) is 6.29 Å². The van der Waals surface area contributed by atoms with Gasteiger partial charge in [0, 0.05) is 47.0 Å². The van der Waals surface area contributed by atoms with Gasteiger partial charge in [-0.2, -0.15) is 18.6 Å². The van der Waals surface area contributed by atoms with E-state index in [1.54, 1.807) is 55.9 Å². The molecule has 10 aromatic rings. The van der Waals surface area contributed by atoms with Crippen LogP contribution < -0.4 is 15.5 Å². The third-order valence-corrected chi connectivity index (χ3v) is 16.1. The molecule has 0 atom stereocenters. The second-order valence-electron chi connectivity index (χ2n) is 16.0. The predicted octanol–water partition coefficient (Wildman–Crippen LogP) is 14.1. The standard InChI is InChI=1S/C22H16N4S.C20H14N2OS.C13H21N2O5PS/c1-2-4-15(5-3-1)16-6-8-17(9-7-16)25-20-13-23-14-22-18(20)12-21(27-22)19-10-11-24-26-19;23-13-17-10-18-19(11-21-12-20(18)24-17)22-16-8-6-15(7-9-16)14-4-2-1-3-5-14;1-4-19-21(16,20-5-2)11-10-14-15-22(17,18)13-8-6-12(3)7-9-13/h1-14,25H,(H,24,26);1-13,22H;6-10,15H,4-5,11H2,1-3H3/b;;14-10+. The minimum absolute atomic E-state index is 0.105. The van der Waals surface area contributed by atoms with Crippen molar-refractivity contribution in [2.75, 3.05) is 30.0 Å². The minimum Gasteiger partial charge on any atom is -0.354 e. The zero-order chi connectivity index (χ0) is 51.0. The molecule has 0 saturated heterocycles. The van der Waals surface area contributed by atoms with Gasteiger partial charge in [0.25, 0.3) is 10.0 Å². The van der Waals surface area contributed by atoms with Gasteiger partial charge in [-0.3, -0.25) is 24.4 Å². The maximum atomic E-state index is 12.1. The fraction of sp³-hybridized carbons (Fsp3) is 0.109. The van der Waals surface area contributed by atoms with Gasteiger partial charge < -0.3 is 19.7 Å². The number of sulfonamides is 1. The van der Waals surface area contributed by atoms with Gasteiger partial charge in [-0.1, -0.05) is 103 Å². The van der Waals surface area contributed by atoms with Crippen molar-refractivity contribution >= 4 is 95.7 Å². The van der Waals surface area contributed by atoms with Crippen LogP contribution in [0.1, 0.15) is 29.1 Å². The lowest BCUT2D eigenvalue weighted by atomic mass is 10.1. The number of hydrazone groups is 1. The molecule has 5 heterocycles. The summed E-state index contributed by atoms with van der Waals surface area (Å²) in [5.41, 5.74) is 10.7. The van der Waals surface area contributed by atoms with Gasteiger partial charge in [0.05, 0.1) is 72.9 Å². The predicted molar refractivity (Wildman–Crippen MR) is 298 cm³/mol. The number of aromatic amines is 1. The Hall–Kier alpha value is -7.63. The molecule has 5 aromatic heterocycles. The number of carbonyl (C=O) groups excluding carboxylic acids is 1. The number of anilines is 4. The topological polar surface area (TPSA) is 190 Å². The lowest BCUT2D eigenvalue weighted by Gasteiger charge is -2.14. The number of aryl methyl sites for hydroxylation is 1. The first-order valence-electron chi connectivity index (χ1n) is 23.1. The van der Waals surface area contributed by atoms with Crippen LogP contribution in [0.15, 0.2) is 193 Å². The first-order chi connectivity index (χ1) is 35.5. The molecular formula is C55H51N8O6PS3. The van der Waals surface area contributed by atoms with Gasteiger partial charge in [-0.25, -0.2) is 4.83 Å². The van der Waals surface area contributed by atoms with Crippen LogP contribution >= 0.6 is 30.3 Å². The number of aromatic nitrogens is 4. The summed E-state index contributed by atoms with van der Waals surface area (Å²) < 4.78 is 48.3. The van der Waals surface area contributed by atoms with Gasteiger partial charge in [0.1, 0.15) is 0 Å². The quantitative estimate of drug-likeness (QED) is 0.0294. The molecule has 5 aromatic carbocycles. The molecule has 0 fully saturated rings. The molecule has 4 N–H and O–H groups in total. The van der Waals surface area contributed by atoms with E-state index in [9.17, 15) is 17.8 Å². The monoisotopic (exact) mass is 1050 g/mol. The molecule has 0 unspecified atom stereocenters. The lowest BCUT2D eigenvalue weighted by Crippen LogP contribution is -2.18. The van der Waals surface area contributed by atoms with E-state index in [0.717, 1.165) is 65.3 Å². The second-order valence-corrected chi connectivity index (χ2v) is 22.0. The summed E-state index contributed by atoms with van der Waals surface area (Å²) in [7, 11) is -7.00. The number of aldehydes is 1. The fourth-order valence-electron chi connectivity index (χ4n) is 7.34. The van der Waals surface area contributed by atoms with Crippen molar-refractivity contribution < 1.29 is 26.8 Å². The lowest BCUT2D eigenvalue weighted by molar-refractivity contribution is 0.112. The molecule has 0 spiro atoms. The Morgan fingerprint density at radius 1 is 0.658 bits per heavy atom. The van der Waals surface area contributed by atoms with Gasteiger partial charge in [-0.05, 0) is 97.6 Å². The van der Waals surface area contributed by atoms with Crippen LogP contribution in [0.25, 0.3) is 53.0 Å². The van der Waals surface area contributed by atoms with E-state index < -0.39 is 17.6 Å². The number of benzene rings is 5. The highest BCUT2D eigenvalue weighted by molar-refractivity contribution is 7.89. The van der Waals surface area contributed by atoms with E-state index >= 15 is 0 Å². The molecule has 370 valence electrons. The summed E-state index contributed by atoms with van der Waals surface area (Å²) >= 11 is 3.16. The molecule has 0 amide bonds. The Labute approximate surface area is 431 Å². The van der Waals surface area contributed by atoms with E-state index in [0.29, 0.717) is 4.88 Å². The Kier molecular flexibility index (Phi) is 17.5. The smallest absolute Gasteiger partial charge is 0.336 e. The van der Waals surface area contributed by atoms with Gasteiger partial charge >= 0.3 is 7.60 Å². The Bertz CT molecular complexity index is 3550. The Balaban J connectivity index is 0.000000147. The maximum Gasteiger partial charge on any atom is 0.336 e. The van der Waals surface area contributed by atoms with Crippen molar-refractivity contribution in [2.45, 2.75) is 25.7 Å². The van der Waals surface area contributed by atoms with Gasteiger partial charge in [0.2, 0.25) is 0 Å². The molecular weight excluding hydrogens is 996 g/mol. The summed E-state index contributed by atoms with van der Waals surface area (Å²) in [5.74, 6) is 0. The zero-order valence-electron chi connectivity index (χ0n) is 40.0. The molecule has 0 bridgehead atoms. The first kappa shape index (κ1) is 51.7. The molecule has 0 aliphatic rings. The van der Waals surface area contributed by atoms with Crippen molar-refractivity contribution in [1.82, 2.24) is 25.0 Å². The minimum atomic E-state index is -3.74. The number of nitrogens with zero attached hydrogens (tertiary/aromatic N) is 4. The zero-order valence-corrected chi connectivity index (χ0v) is 43.4. The SMILES string of the molecule is CCOP(=O)(C/C=N/NS(=O)(=O)c1ccc(C)cc1)OCC.O=Cc1cc2c(Nc3ccc(-c4ccccc4)cc3)cncc2s1.c1ccc(-c2ccc(Nc3cncc4sc(-c5ccn[nH]5)cc34)cc2)cc1. The summed E-state index contributed by atoms with van der Waals surface area (Å²) in [5, 5.41) is 19.7. The van der Waals surface area contributed by atoms with E-state index in [2.05, 4.69) is 120 Å². The van der Waals surface area contributed by atoms with E-state index in [1.807, 2.05) is 67.8 Å². The van der Waals surface area contributed by atoms with Crippen LogP contribution in [-0.2, 0) is 23.6 Å². The molecule has 0 saturated carbocycles. The number of carbonyl (C=O) groups is 1. The fourth-order valence-corrected chi connectivity index (χ4v) is 11.4. The maximum absolute atomic E-state index is 12.1. The van der Waals surface area contributed by atoms with Crippen LogP contribution in [0.4, 0.5) is 22.7 Å². The largest absolute Gasteiger partial charge is 0.354 e. The third kappa shape index (κ3) is 13.9.